The number of hydrogen-bond donors (Lipinski definition) is 0. The fraction of sp³-hybridized carbons (Fsp3) is 0.0333. The van der Waals surface area contributed by atoms with Gasteiger partial charge in [-0.2, -0.15) is 9.78 Å². The van der Waals surface area contributed by atoms with Crippen molar-refractivity contribution in [2.24, 2.45) is 5.10 Å². The Morgan fingerprint density at radius 2 is 1.76 bits per heavy atom. The predicted molar refractivity (Wildman–Crippen MR) is 163 cm³/mol. The molecule has 6 aromatic rings. The highest BCUT2D eigenvalue weighted by Gasteiger charge is 2.22. The number of nitro groups is 1. The fourth-order valence-electron chi connectivity index (χ4n) is 4.35. The van der Waals surface area contributed by atoms with E-state index < -0.39 is 10.5 Å². The predicted octanol–water partition coefficient (Wildman–Crippen LogP) is 7.70. The molecule has 6 rings (SSSR count). The van der Waals surface area contributed by atoms with Crippen LogP contribution in [0.1, 0.15) is 11.1 Å². The molecule has 0 N–H and O–H groups in total. The van der Waals surface area contributed by atoms with E-state index in [1.165, 1.54) is 12.3 Å². The van der Waals surface area contributed by atoms with E-state index in [0.29, 0.717) is 32.3 Å². The molecule has 0 radical (unpaired) electrons. The lowest BCUT2D eigenvalue weighted by atomic mass is 10.2. The third-order valence-electron chi connectivity index (χ3n) is 6.25. The summed E-state index contributed by atoms with van der Waals surface area (Å²) in [6.07, 6.45) is 1.35. The molecule has 2 aromatic heterocycles. The minimum Gasteiger partial charge on any atom is -0.481 e. The highest BCUT2D eigenvalue weighted by molar-refractivity contribution is 9.10. The van der Waals surface area contributed by atoms with Crippen LogP contribution in [0.4, 0.5) is 5.69 Å². The number of furan rings is 1. The summed E-state index contributed by atoms with van der Waals surface area (Å²) in [4.78, 5) is 29.8. The largest absolute Gasteiger partial charge is 0.481 e. The van der Waals surface area contributed by atoms with Gasteiger partial charge in [-0.05, 0) is 48.0 Å². The molecule has 0 spiro atoms. The first kappa shape index (κ1) is 26.6. The summed E-state index contributed by atoms with van der Waals surface area (Å²) in [5.74, 6) is 0.523. The van der Waals surface area contributed by atoms with E-state index in [2.05, 4.69) is 37.0 Å². The summed E-state index contributed by atoms with van der Waals surface area (Å²) < 4.78 is 14.4. The summed E-state index contributed by atoms with van der Waals surface area (Å²) in [6.45, 7) is 0.0986. The molecular formula is C30H18Br2N4O5. The first-order valence-corrected chi connectivity index (χ1v) is 13.9. The summed E-state index contributed by atoms with van der Waals surface area (Å²) in [5, 5.41) is 17.6. The number of para-hydroxylation sites is 1. The van der Waals surface area contributed by atoms with Crippen molar-refractivity contribution in [3.8, 4) is 17.3 Å². The van der Waals surface area contributed by atoms with Gasteiger partial charge in [-0.1, -0.05) is 74.3 Å². The molecule has 202 valence electrons. The van der Waals surface area contributed by atoms with Gasteiger partial charge >= 0.3 is 5.69 Å². The second kappa shape index (κ2) is 11.1. The third kappa shape index (κ3) is 5.41. The van der Waals surface area contributed by atoms with Crippen molar-refractivity contribution in [1.82, 2.24) is 9.66 Å². The number of hydrogen-bond acceptors (Lipinski definition) is 7. The van der Waals surface area contributed by atoms with Gasteiger partial charge in [0.2, 0.25) is 11.6 Å². The molecule has 9 nitrogen and oxygen atoms in total. The van der Waals surface area contributed by atoms with Crippen LogP contribution in [0.2, 0.25) is 0 Å². The van der Waals surface area contributed by atoms with Crippen LogP contribution in [-0.2, 0) is 6.61 Å². The number of rotatable bonds is 7. The molecule has 2 heterocycles. The van der Waals surface area contributed by atoms with Crippen molar-refractivity contribution < 1.29 is 14.1 Å². The Labute approximate surface area is 249 Å². The molecule has 0 saturated heterocycles. The van der Waals surface area contributed by atoms with E-state index in [0.717, 1.165) is 20.1 Å². The molecule has 0 bridgehead atoms. The number of nitrogens with zero attached hydrogens (tertiary/aromatic N) is 4. The average molecular weight is 674 g/mol. The standard InChI is InChI=1S/C30H18Br2N4O5/c31-21-10-11-26-19(12-21)14-27(41-26)29-34-24-9-5-4-8-23(24)30(37)35(29)33-16-20-13-22(32)15-25(36(38)39)28(20)40-17-18-6-2-1-3-7-18/h1-16H,17H2. The zero-order valence-electron chi connectivity index (χ0n) is 21.0. The van der Waals surface area contributed by atoms with Crippen molar-refractivity contribution in [2.75, 3.05) is 0 Å². The van der Waals surface area contributed by atoms with Gasteiger partial charge in [0.05, 0.1) is 22.0 Å². The van der Waals surface area contributed by atoms with E-state index in [4.69, 9.17) is 14.1 Å². The number of fused-ring (bicyclic) bond motifs is 2. The Hall–Kier alpha value is -4.61. The van der Waals surface area contributed by atoms with Crippen LogP contribution < -0.4 is 10.3 Å². The molecule has 0 fully saturated rings. The van der Waals surface area contributed by atoms with Gasteiger partial charge in [-0.25, -0.2) is 4.98 Å². The van der Waals surface area contributed by atoms with E-state index in [9.17, 15) is 14.9 Å². The van der Waals surface area contributed by atoms with Gasteiger partial charge in [0.15, 0.2) is 5.76 Å². The van der Waals surface area contributed by atoms with E-state index >= 15 is 0 Å². The van der Waals surface area contributed by atoms with Gasteiger partial charge in [0.1, 0.15) is 12.2 Å². The fourth-order valence-corrected chi connectivity index (χ4v) is 5.20. The highest BCUT2D eigenvalue weighted by atomic mass is 79.9. The van der Waals surface area contributed by atoms with Gasteiger partial charge < -0.3 is 9.15 Å². The smallest absolute Gasteiger partial charge is 0.312 e. The minimum absolute atomic E-state index is 0.0164. The average Bonchev–Trinajstić information content (AvgIpc) is 3.39. The lowest BCUT2D eigenvalue weighted by molar-refractivity contribution is -0.386. The quantitative estimate of drug-likeness (QED) is 0.0975. The Kier molecular flexibility index (Phi) is 7.21. The molecule has 0 aliphatic rings. The molecular weight excluding hydrogens is 656 g/mol. The van der Waals surface area contributed by atoms with Crippen molar-refractivity contribution in [3.63, 3.8) is 0 Å². The molecule has 0 saturated carbocycles. The third-order valence-corrected chi connectivity index (χ3v) is 7.20. The molecule has 0 aliphatic heterocycles. The molecule has 0 aliphatic carbocycles. The summed E-state index contributed by atoms with van der Waals surface area (Å²) in [5.41, 5.74) is 1.54. The molecule has 0 atom stereocenters. The van der Waals surface area contributed by atoms with Crippen molar-refractivity contribution >= 4 is 65.6 Å². The lowest BCUT2D eigenvalue weighted by Crippen LogP contribution is -2.20. The zero-order valence-corrected chi connectivity index (χ0v) is 24.2. The van der Waals surface area contributed by atoms with E-state index in [1.54, 1.807) is 36.4 Å². The Balaban J connectivity index is 1.51. The van der Waals surface area contributed by atoms with Gasteiger partial charge in [0.25, 0.3) is 5.56 Å². The lowest BCUT2D eigenvalue weighted by Gasteiger charge is -2.11. The first-order valence-electron chi connectivity index (χ1n) is 12.3. The molecule has 11 heteroatoms. The van der Waals surface area contributed by atoms with Crippen LogP contribution >= 0.6 is 31.9 Å². The van der Waals surface area contributed by atoms with Gasteiger partial charge in [-0.15, -0.1) is 0 Å². The maximum absolute atomic E-state index is 13.7. The second-order valence-electron chi connectivity index (χ2n) is 8.98. The van der Waals surface area contributed by atoms with Crippen molar-refractivity contribution in [2.45, 2.75) is 6.61 Å². The molecule has 41 heavy (non-hydrogen) atoms. The Bertz CT molecular complexity index is 2040. The monoisotopic (exact) mass is 672 g/mol. The molecule has 4 aromatic carbocycles. The molecule has 0 unspecified atom stereocenters. The maximum atomic E-state index is 13.7. The van der Waals surface area contributed by atoms with E-state index in [-0.39, 0.29) is 23.9 Å². The van der Waals surface area contributed by atoms with Gasteiger partial charge in [0, 0.05) is 26.0 Å². The van der Waals surface area contributed by atoms with Gasteiger partial charge in [-0.3, -0.25) is 14.9 Å². The van der Waals surface area contributed by atoms with Crippen LogP contribution in [0.25, 0.3) is 33.5 Å². The van der Waals surface area contributed by atoms with Crippen LogP contribution in [0.15, 0.2) is 114 Å². The number of aromatic nitrogens is 2. The maximum Gasteiger partial charge on any atom is 0.312 e. The van der Waals surface area contributed by atoms with Crippen LogP contribution in [0, 0.1) is 10.1 Å². The Morgan fingerprint density at radius 3 is 2.56 bits per heavy atom. The number of halogens is 2. The summed E-state index contributed by atoms with van der Waals surface area (Å²) in [6, 6.07) is 26.6. The number of benzene rings is 4. The number of nitro benzene ring substituents is 1. The van der Waals surface area contributed by atoms with E-state index in [1.807, 2.05) is 48.5 Å². The highest BCUT2D eigenvalue weighted by Crippen LogP contribution is 2.35. The van der Waals surface area contributed by atoms with Crippen LogP contribution in [0.5, 0.6) is 5.75 Å². The van der Waals surface area contributed by atoms with Crippen molar-refractivity contribution in [1.29, 1.82) is 0 Å². The first-order chi connectivity index (χ1) is 19.9. The normalized spacial score (nSPS) is 11.5. The zero-order chi connectivity index (χ0) is 28.5. The summed E-state index contributed by atoms with van der Waals surface area (Å²) in [7, 11) is 0. The van der Waals surface area contributed by atoms with Crippen molar-refractivity contribution in [3.05, 3.63) is 132 Å². The topological polar surface area (TPSA) is 113 Å². The second-order valence-corrected chi connectivity index (χ2v) is 10.8. The SMILES string of the molecule is O=c1c2ccccc2nc(-c2cc3cc(Br)ccc3o2)n1N=Cc1cc(Br)cc([N+](=O)[O-])c1OCc1ccccc1. The molecule has 0 amide bonds. The summed E-state index contributed by atoms with van der Waals surface area (Å²) >= 11 is 6.80. The minimum atomic E-state index is -0.524. The Morgan fingerprint density at radius 1 is 0.976 bits per heavy atom. The van der Waals surface area contributed by atoms with Crippen LogP contribution in [-0.4, -0.2) is 20.8 Å². The number of ether oxygens (including phenoxy) is 1. The van der Waals surface area contributed by atoms with Crippen LogP contribution in [0.3, 0.4) is 0 Å².